The standard InChI is InChI=1S/C13H11F3N2O3/c1-6-9(11(19)20)10(18-12(21)17-6)7-2-4-8(5-3-7)13(14,15)16/h2-5,9-10H,1H3,(H,18,21)(H,19,20). The summed E-state index contributed by atoms with van der Waals surface area (Å²) in [4.78, 5) is 26.2. The van der Waals surface area contributed by atoms with Crippen molar-refractivity contribution in [2.24, 2.45) is 10.9 Å². The fraction of sp³-hybridized carbons (Fsp3) is 0.308. The highest BCUT2D eigenvalue weighted by molar-refractivity contribution is 6.07. The van der Waals surface area contributed by atoms with Crippen molar-refractivity contribution in [3.8, 4) is 0 Å². The number of alkyl halides is 3. The van der Waals surface area contributed by atoms with Gasteiger partial charge in [-0.15, -0.1) is 0 Å². The molecule has 0 saturated heterocycles. The van der Waals surface area contributed by atoms with Crippen LogP contribution in [0.2, 0.25) is 0 Å². The number of rotatable bonds is 2. The normalized spacial score (nSPS) is 22.5. The zero-order valence-electron chi connectivity index (χ0n) is 10.8. The highest BCUT2D eigenvalue weighted by Gasteiger charge is 2.37. The second-order valence-electron chi connectivity index (χ2n) is 4.62. The first-order valence-electron chi connectivity index (χ1n) is 5.96. The van der Waals surface area contributed by atoms with E-state index in [2.05, 4.69) is 10.3 Å². The zero-order valence-corrected chi connectivity index (χ0v) is 10.8. The number of hydrogen-bond donors (Lipinski definition) is 2. The first-order valence-corrected chi connectivity index (χ1v) is 5.96. The van der Waals surface area contributed by atoms with E-state index in [4.69, 9.17) is 0 Å². The topological polar surface area (TPSA) is 78.8 Å². The third kappa shape index (κ3) is 3.04. The molecule has 1 aliphatic rings. The molecule has 1 aromatic carbocycles. The van der Waals surface area contributed by atoms with Gasteiger partial charge in [-0.05, 0) is 24.6 Å². The zero-order chi connectivity index (χ0) is 15.8. The highest BCUT2D eigenvalue weighted by Crippen LogP contribution is 2.32. The van der Waals surface area contributed by atoms with Gasteiger partial charge in [-0.2, -0.15) is 13.2 Å². The molecule has 1 heterocycles. The van der Waals surface area contributed by atoms with Crippen molar-refractivity contribution in [1.29, 1.82) is 0 Å². The first kappa shape index (κ1) is 15.0. The van der Waals surface area contributed by atoms with E-state index >= 15 is 0 Å². The molecule has 2 N–H and O–H groups in total. The molecule has 112 valence electrons. The molecular weight excluding hydrogens is 289 g/mol. The minimum absolute atomic E-state index is 0.108. The van der Waals surface area contributed by atoms with Gasteiger partial charge in [0.15, 0.2) is 0 Å². The summed E-state index contributed by atoms with van der Waals surface area (Å²) >= 11 is 0. The van der Waals surface area contributed by atoms with E-state index in [0.717, 1.165) is 24.3 Å². The Morgan fingerprint density at radius 2 is 1.86 bits per heavy atom. The molecule has 2 atom stereocenters. The van der Waals surface area contributed by atoms with Crippen molar-refractivity contribution in [2.45, 2.75) is 19.1 Å². The number of carbonyl (C=O) groups excluding carboxylic acids is 1. The average Bonchev–Trinajstić information content (AvgIpc) is 2.36. The minimum atomic E-state index is -4.47. The number of hydrogen-bond acceptors (Lipinski definition) is 2. The predicted octanol–water partition coefficient (Wildman–Crippen LogP) is 2.63. The molecule has 1 aliphatic heterocycles. The predicted molar refractivity (Wildman–Crippen MR) is 67.0 cm³/mol. The monoisotopic (exact) mass is 300 g/mol. The molecule has 21 heavy (non-hydrogen) atoms. The Hall–Kier alpha value is -2.38. The molecular formula is C13H11F3N2O3. The van der Waals surface area contributed by atoms with E-state index in [0.29, 0.717) is 0 Å². The number of carbonyl (C=O) groups is 2. The number of nitrogens with one attached hydrogen (secondary N) is 1. The fourth-order valence-corrected chi connectivity index (χ4v) is 2.20. The Balaban J connectivity index is 2.38. The van der Waals surface area contributed by atoms with E-state index in [9.17, 15) is 27.9 Å². The summed E-state index contributed by atoms with van der Waals surface area (Å²) in [6.45, 7) is 1.40. The Labute approximate surface area is 117 Å². The van der Waals surface area contributed by atoms with E-state index in [1.807, 2.05) is 0 Å². The van der Waals surface area contributed by atoms with Crippen LogP contribution in [0.1, 0.15) is 24.1 Å². The number of benzene rings is 1. The summed E-state index contributed by atoms with van der Waals surface area (Å²) in [5.41, 5.74) is -0.459. The molecule has 0 spiro atoms. The van der Waals surface area contributed by atoms with Crippen molar-refractivity contribution < 1.29 is 27.9 Å². The molecule has 0 radical (unpaired) electrons. The lowest BCUT2D eigenvalue weighted by molar-refractivity contribution is -0.140. The fourth-order valence-electron chi connectivity index (χ4n) is 2.20. The lowest BCUT2D eigenvalue weighted by atomic mass is 9.88. The number of carboxylic acid groups (broad SMARTS) is 1. The Morgan fingerprint density at radius 1 is 1.29 bits per heavy atom. The third-order valence-electron chi connectivity index (χ3n) is 3.20. The van der Waals surface area contributed by atoms with Gasteiger partial charge >= 0.3 is 18.2 Å². The van der Waals surface area contributed by atoms with Gasteiger partial charge in [-0.3, -0.25) is 4.79 Å². The van der Waals surface area contributed by atoms with Crippen LogP contribution >= 0.6 is 0 Å². The van der Waals surface area contributed by atoms with E-state index in [1.54, 1.807) is 0 Å². The van der Waals surface area contributed by atoms with Crippen LogP contribution in [-0.2, 0) is 11.0 Å². The van der Waals surface area contributed by atoms with Gasteiger partial charge in [0.2, 0.25) is 0 Å². The molecule has 2 unspecified atom stereocenters. The average molecular weight is 300 g/mol. The molecule has 1 aromatic rings. The molecule has 0 fully saturated rings. The maximum absolute atomic E-state index is 12.5. The van der Waals surface area contributed by atoms with Crippen molar-refractivity contribution in [1.82, 2.24) is 5.32 Å². The van der Waals surface area contributed by atoms with E-state index in [-0.39, 0.29) is 11.3 Å². The molecule has 5 nitrogen and oxygen atoms in total. The van der Waals surface area contributed by atoms with Gasteiger partial charge in [-0.25, -0.2) is 9.79 Å². The van der Waals surface area contributed by atoms with Crippen LogP contribution in [-0.4, -0.2) is 22.8 Å². The van der Waals surface area contributed by atoms with E-state index < -0.39 is 35.7 Å². The lowest BCUT2D eigenvalue weighted by Gasteiger charge is -2.28. The summed E-state index contributed by atoms with van der Waals surface area (Å²) in [7, 11) is 0. The van der Waals surface area contributed by atoms with Crippen molar-refractivity contribution in [3.63, 3.8) is 0 Å². The molecule has 2 amide bonds. The number of carboxylic acids is 1. The van der Waals surface area contributed by atoms with Gasteiger partial charge in [0.25, 0.3) is 0 Å². The Morgan fingerprint density at radius 3 is 2.33 bits per heavy atom. The largest absolute Gasteiger partial charge is 0.481 e. The van der Waals surface area contributed by atoms with Crippen LogP contribution in [0.4, 0.5) is 18.0 Å². The molecule has 2 rings (SSSR count). The second kappa shape index (κ2) is 5.19. The summed E-state index contributed by atoms with van der Waals surface area (Å²) in [5.74, 6) is -2.32. The molecule has 0 aliphatic carbocycles. The number of aliphatic carboxylic acids is 1. The van der Waals surface area contributed by atoms with Gasteiger partial charge in [-0.1, -0.05) is 12.1 Å². The summed E-state index contributed by atoms with van der Waals surface area (Å²) in [6.07, 6.45) is -4.47. The smallest absolute Gasteiger partial charge is 0.416 e. The SMILES string of the molecule is CC1=NC(=O)NC(c2ccc(C(F)(F)F)cc2)C1C(=O)O. The second-order valence-corrected chi connectivity index (χ2v) is 4.62. The maximum Gasteiger partial charge on any atom is 0.416 e. The van der Waals surface area contributed by atoms with Crippen LogP contribution in [0.3, 0.4) is 0 Å². The quantitative estimate of drug-likeness (QED) is 0.881. The van der Waals surface area contributed by atoms with Gasteiger partial charge in [0.1, 0.15) is 5.92 Å². The Bertz CT molecular complexity index is 608. The lowest BCUT2D eigenvalue weighted by Crippen LogP contribution is -2.43. The summed E-state index contributed by atoms with van der Waals surface area (Å²) in [5, 5.41) is 11.6. The van der Waals surface area contributed by atoms with Crippen molar-refractivity contribution in [3.05, 3.63) is 35.4 Å². The molecule has 8 heteroatoms. The molecule has 0 saturated carbocycles. The van der Waals surface area contributed by atoms with Crippen molar-refractivity contribution >= 4 is 17.7 Å². The van der Waals surface area contributed by atoms with Crippen molar-refractivity contribution in [2.75, 3.05) is 0 Å². The van der Waals surface area contributed by atoms with Crippen LogP contribution in [0.15, 0.2) is 29.3 Å². The number of nitrogens with zero attached hydrogens (tertiary/aromatic N) is 1. The molecule has 0 aromatic heterocycles. The van der Waals surface area contributed by atoms with Gasteiger partial charge in [0, 0.05) is 5.71 Å². The maximum atomic E-state index is 12.5. The number of halogens is 3. The van der Waals surface area contributed by atoms with E-state index in [1.165, 1.54) is 6.92 Å². The van der Waals surface area contributed by atoms with Gasteiger partial charge in [0.05, 0.1) is 11.6 Å². The number of aliphatic imine (C=N–C) groups is 1. The van der Waals surface area contributed by atoms with Crippen LogP contribution in [0, 0.1) is 5.92 Å². The number of amides is 2. The summed E-state index contributed by atoms with van der Waals surface area (Å²) < 4.78 is 37.5. The summed E-state index contributed by atoms with van der Waals surface area (Å²) in [6, 6.07) is 2.35. The minimum Gasteiger partial charge on any atom is -0.481 e. The highest BCUT2D eigenvalue weighted by atomic mass is 19.4. The van der Waals surface area contributed by atoms with Crippen LogP contribution in [0.25, 0.3) is 0 Å². The van der Waals surface area contributed by atoms with Gasteiger partial charge < -0.3 is 10.4 Å². The van der Waals surface area contributed by atoms with Crippen LogP contribution in [0.5, 0.6) is 0 Å². The molecule has 0 bridgehead atoms. The Kier molecular flexibility index (Phi) is 3.71. The third-order valence-corrected chi connectivity index (χ3v) is 3.20. The first-order chi connectivity index (χ1) is 9.70. The van der Waals surface area contributed by atoms with Crippen LogP contribution < -0.4 is 5.32 Å². The number of urea groups is 1.